The van der Waals surface area contributed by atoms with E-state index in [0.29, 0.717) is 18.1 Å². The molecule has 0 fully saturated rings. The highest BCUT2D eigenvalue weighted by atomic mass is 33.1. The van der Waals surface area contributed by atoms with Crippen molar-refractivity contribution in [3.8, 4) is 5.75 Å². The fraction of sp³-hybridized carbons (Fsp3) is 0.500. The quantitative estimate of drug-likeness (QED) is 0.125. The number of phosphoric acid groups is 1. The lowest BCUT2D eigenvalue weighted by Gasteiger charge is -2.16. The van der Waals surface area contributed by atoms with Gasteiger partial charge < -0.3 is 9.47 Å². The SMILES string of the molecule is CCOP(=O)(OCC)OCCSSCCOC(=O)[C@@H](C)c1ccc2cc(OC)ccc2c1. The van der Waals surface area contributed by atoms with Crippen molar-refractivity contribution in [1.29, 1.82) is 0 Å². The van der Waals surface area contributed by atoms with Crippen molar-refractivity contribution < 1.29 is 32.4 Å². The number of fused-ring (bicyclic) bond motifs is 1. The smallest absolute Gasteiger partial charge is 0.474 e. The summed E-state index contributed by atoms with van der Waals surface area (Å²) in [5.41, 5.74) is 0.917. The predicted octanol–water partition coefficient (Wildman–Crippen LogP) is 6.07. The van der Waals surface area contributed by atoms with Crippen molar-refractivity contribution in [2.75, 3.05) is 45.0 Å². The molecule has 0 bridgehead atoms. The first kappa shape index (κ1) is 27.0. The van der Waals surface area contributed by atoms with Crippen LogP contribution in [-0.4, -0.2) is 51.0 Å². The van der Waals surface area contributed by atoms with E-state index in [9.17, 15) is 9.36 Å². The van der Waals surface area contributed by atoms with E-state index >= 15 is 0 Å². The highest BCUT2D eigenvalue weighted by molar-refractivity contribution is 8.76. The Bertz CT molecular complexity index is 899. The maximum Gasteiger partial charge on any atom is 0.474 e. The highest BCUT2D eigenvalue weighted by Gasteiger charge is 2.24. The number of esters is 1. The fourth-order valence-electron chi connectivity index (χ4n) is 2.80. The van der Waals surface area contributed by atoms with E-state index in [0.717, 1.165) is 22.1 Å². The average Bonchev–Trinajstić information content (AvgIpc) is 2.79. The minimum Gasteiger partial charge on any atom is -0.497 e. The zero-order valence-electron chi connectivity index (χ0n) is 18.9. The van der Waals surface area contributed by atoms with Crippen molar-refractivity contribution >= 4 is 46.2 Å². The molecule has 0 amide bonds. The van der Waals surface area contributed by atoms with Crippen molar-refractivity contribution in [3.63, 3.8) is 0 Å². The molecule has 0 aliphatic heterocycles. The lowest BCUT2D eigenvalue weighted by molar-refractivity contribution is -0.144. The van der Waals surface area contributed by atoms with Crippen LogP contribution in [0.1, 0.15) is 32.3 Å². The summed E-state index contributed by atoms with van der Waals surface area (Å²) in [6.45, 7) is 6.41. The monoisotopic (exact) mass is 502 g/mol. The highest BCUT2D eigenvalue weighted by Crippen LogP contribution is 2.49. The zero-order chi connectivity index (χ0) is 23.4. The standard InChI is InChI=1S/C22H31O7PS2/c1-5-27-30(24,28-6-2)29-12-14-32-31-13-11-26-22(23)17(3)18-7-8-20-16-21(25-4)10-9-19(20)15-18/h7-10,15-17H,5-6,11-14H2,1-4H3/t17-/m0/s1. The number of carbonyl (C=O) groups is 1. The van der Waals surface area contributed by atoms with Gasteiger partial charge in [0, 0.05) is 11.5 Å². The molecule has 0 N–H and O–H groups in total. The number of carbonyl (C=O) groups excluding carboxylic acids is 1. The van der Waals surface area contributed by atoms with Crippen LogP contribution in [0, 0.1) is 0 Å². The number of phosphoric ester groups is 1. The third-order valence-electron chi connectivity index (χ3n) is 4.41. The summed E-state index contributed by atoms with van der Waals surface area (Å²) in [6.07, 6.45) is 0. The first-order chi connectivity index (χ1) is 15.4. The summed E-state index contributed by atoms with van der Waals surface area (Å²) < 4.78 is 38.2. The van der Waals surface area contributed by atoms with Gasteiger partial charge in [0.1, 0.15) is 12.4 Å². The van der Waals surface area contributed by atoms with Crippen LogP contribution < -0.4 is 4.74 Å². The first-order valence-electron chi connectivity index (χ1n) is 10.4. The fourth-order valence-corrected chi connectivity index (χ4v) is 5.75. The second-order valence-electron chi connectivity index (χ2n) is 6.62. The molecule has 7 nitrogen and oxygen atoms in total. The van der Waals surface area contributed by atoms with Crippen LogP contribution in [0.25, 0.3) is 10.8 Å². The Morgan fingerprint density at radius 1 is 0.938 bits per heavy atom. The van der Waals surface area contributed by atoms with Gasteiger partial charge in [-0.2, -0.15) is 0 Å². The molecule has 0 aliphatic carbocycles. The molecule has 0 spiro atoms. The molecule has 0 radical (unpaired) electrons. The van der Waals surface area contributed by atoms with Crippen LogP contribution in [-0.2, 0) is 27.7 Å². The lowest BCUT2D eigenvalue weighted by atomic mass is 9.98. The third-order valence-corrected chi connectivity index (χ3v) is 8.39. The van der Waals surface area contributed by atoms with E-state index in [1.807, 2.05) is 43.3 Å². The Labute approximate surface area is 197 Å². The van der Waals surface area contributed by atoms with E-state index in [2.05, 4.69) is 0 Å². The Morgan fingerprint density at radius 2 is 1.56 bits per heavy atom. The second kappa shape index (κ2) is 14.1. The Morgan fingerprint density at radius 3 is 2.22 bits per heavy atom. The average molecular weight is 503 g/mol. The van der Waals surface area contributed by atoms with Crippen LogP contribution in [0.4, 0.5) is 0 Å². The van der Waals surface area contributed by atoms with E-state index in [1.165, 1.54) is 0 Å². The zero-order valence-corrected chi connectivity index (χ0v) is 21.4. The van der Waals surface area contributed by atoms with Crippen LogP contribution in [0.15, 0.2) is 36.4 Å². The lowest BCUT2D eigenvalue weighted by Crippen LogP contribution is -2.14. The Balaban J connectivity index is 1.67. The maximum absolute atomic E-state index is 12.4. The molecule has 0 aliphatic rings. The minimum atomic E-state index is -3.45. The molecule has 0 heterocycles. The number of methoxy groups -OCH3 is 1. The molecule has 10 heteroatoms. The summed E-state index contributed by atoms with van der Waals surface area (Å²) in [4.78, 5) is 12.4. The summed E-state index contributed by atoms with van der Waals surface area (Å²) >= 11 is 0. The number of hydrogen-bond acceptors (Lipinski definition) is 9. The van der Waals surface area contributed by atoms with Crippen LogP contribution in [0.5, 0.6) is 5.75 Å². The topological polar surface area (TPSA) is 80.3 Å². The molecule has 2 aromatic carbocycles. The largest absolute Gasteiger partial charge is 0.497 e. The first-order valence-corrected chi connectivity index (χ1v) is 14.4. The predicted molar refractivity (Wildman–Crippen MR) is 132 cm³/mol. The second-order valence-corrected chi connectivity index (χ2v) is 11.0. The van der Waals surface area contributed by atoms with E-state index in [4.69, 9.17) is 23.0 Å². The van der Waals surface area contributed by atoms with Gasteiger partial charge in [0.15, 0.2) is 0 Å². The van der Waals surface area contributed by atoms with Gasteiger partial charge in [-0.3, -0.25) is 18.4 Å². The van der Waals surface area contributed by atoms with Crippen LogP contribution in [0.3, 0.4) is 0 Å². The van der Waals surface area contributed by atoms with Crippen molar-refractivity contribution in [2.24, 2.45) is 0 Å². The molecule has 0 saturated heterocycles. The van der Waals surface area contributed by atoms with Gasteiger partial charge in [-0.25, -0.2) is 4.57 Å². The third kappa shape index (κ3) is 8.61. The number of benzene rings is 2. The van der Waals surface area contributed by atoms with Crippen LogP contribution in [0.2, 0.25) is 0 Å². The van der Waals surface area contributed by atoms with E-state index in [-0.39, 0.29) is 31.7 Å². The number of hydrogen-bond donors (Lipinski definition) is 0. The van der Waals surface area contributed by atoms with Crippen molar-refractivity contribution in [3.05, 3.63) is 42.0 Å². The normalized spacial score (nSPS) is 12.6. The van der Waals surface area contributed by atoms with Gasteiger partial charge in [-0.15, -0.1) is 0 Å². The summed E-state index contributed by atoms with van der Waals surface area (Å²) in [6, 6.07) is 11.8. The van der Waals surface area contributed by atoms with Gasteiger partial charge in [-0.05, 0) is 49.2 Å². The summed E-state index contributed by atoms with van der Waals surface area (Å²) in [5.74, 6) is 1.47. The number of rotatable bonds is 15. The van der Waals surface area contributed by atoms with Crippen LogP contribution >= 0.6 is 29.4 Å². The maximum atomic E-state index is 12.4. The van der Waals surface area contributed by atoms with Crippen molar-refractivity contribution in [2.45, 2.75) is 26.7 Å². The van der Waals surface area contributed by atoms with Crippen molar-refractivity contribution in [1.82, 2.24) is 0 Å². The molecule has 2 rings (SSSR count). The minimum absolute atomic E-state index is 0.249. The molecule has 178 valence electrons. The molecule has 32 heavy (non-hydrogen) atoms. The molecule has 1 atom stereocenters. The molecule has 0 saturated carbocycles. The number of ether oxygens (including phenoxy) is 2. The Kier molecular flexibility index (Phi) is 11.9. The van der Waals surface area contributed by atoms with Gasteiger partial charge in [0.2, 0.25) is 0 Å². The van der Waals surface area contributed by atoms with E-state index < -0.39 is 7.82 Å². The molecule has 2 aromatic rings. The molecule has 0 unspecified atom stereocenters. The van der Waals surface area contributed by atoms with Gasteiger partial charge >= 0.3 is 13.8 Å². The van der Waals surface area contributed by atoms with Gasteiger partial charge in [0.05, 0.1) is 32.8 Å². The van der Waals surface area contributed by atoms with Gasteiger partial charge in [0.25, 0.3) is 0 Å². The van der Waals surface area contributed by atoms with Gasteiger partial charge in [-0.1, -0.05) is 45.9 Å². The molecule has 0 aromatic heterocycles. The summed E-state index contributed by atoms with van der Waals surface area (Å²) in [7, 11) is 1.30. The Hall–Kier alpha value is -1.22. The molecular formula is C22H31O7PS2. The summed E-state index contributed by atoms with van der Waals surface area (Å²) in [5, 5.41) is 2.11. The molecular weight excluding hydrogens is 471 g/mol. The van der Waals surface area contributed by atoms with E-state index in [1.54, 1.807) is 42.5 Å².